The van der Waals surface area contributed by atoms with E-state index in [9.17, 15) is 5.02 Å². The number of para-hydroxylation sites is 2. The molecular formula is C18H15BNO3. The molecule has 3 N–H and O–H groups in total. The molecule has 4 rings (SSSR count). The van der Waals surface area contributed by atoms with Gasteiger partial charge in [-0.25, -0.2) is 0 Å². The number of rotatable bonds is 2. The maximum Gasteiger partial charge on any atom is 0.326 e. The highest BCUT2D eigenvalue weighted by molar-refractivity contribution is 6.46. The quantitative estimate of drug-likeness (QED) is 0.303. The van der Waals surface area contributed by atoms with Crippen LogP contribution in [0.15, 0.2) is 72.8 Å². The molecule has 0 saturated heterocycles. The van der Waals surface area contributed by atoms with Crippen molar-refractivity contribution in [3.63, 3.8) is 0 Å². The molecular weight excluding hydrogens is 289 g/mol. The highest BCUT2D eigenvalue weighted by Crippen LogP contribution is 2.30. The van der Waals surface area contributed by atoms with E-state index in [1.807, 2.05) is 36.4 Å². The maximum absolute atomic E-state index is 9.26. The molecule has 0 aliphatic carbocycles. The molecule has 1 heterocycles. The molecule has 113 valence electrons. The molecule has 0 atom stereocenters. The summed E-state index contributed by atoms with van der Waals surface area (Å²) in [7, 11) is 1.15. The van der Waals surface area contributed by atoms with E-state index in [0.717, 1.165) is 29.5 Å². The minimum absolute atomic E-state index is 0.818. The van der Waals surface area contributed by atoms with Gasteiger partial charge in [0, 0.05) is 16.5 Å². The smallest absolute Gasteiger partial charge is 0.326 e. The largest absolute Gasteiger partial charge is 0.450 e. The summed E-state index contributed by atoms with van der Waals surface area (Å²) in [4.78, 5) is 0. The van der Waals surface area contributed by atoms with E-state index < -0.39 is 0 Å². The molecule has 0 aliphatic rings. The van der Waals surface area contributed by atoms with Gasteiger partial charge in [0.05, 0.1) is 11.0 Å². The van der Waals surface area contributed by atoms with Crippen LogP contribution in [0.3, 0.4) is 0 Å². The van der Waals surface area contributed by atoms with Crippen molar-refractivity contribution in [2.75, 3.05) is 0 Å². The molecule has 0 bridgehead atoms. The zero-order valence-corrected chi connectivity index (χ0v) is 12.3. The van der Waals surface area contributed by atoms with Gasteiger partial charge >= 0.3 is 7.48 Å². The molecule has 3 aromatic carbocycles. The van der Waals surface area contributed by atoms with E-state index in [2.05, 4.69) is 41.0 Å². The third-order valence-corrected chi connectivity index (χ3v) is 3.86. The van der Waals surface area contributed by atoms with Crippen molar-refractivity contribution < 1.29 is 15.5 Å². The Morgan fingerprint density at radius 1 is 0.696 bits per heavy atom. The standard InChI is InChI=1S/C18H13BNO.H2O2/c21-19-13-10-11-18-16(12-13)15-8-4-5-9-17(15)20(18)14-6-2-1-3-7-14;1-2/h1-12,21H;1-2H. The van der Waals surface area contributed by atoms with Gasteiger partial charge in [0.1, 0.15) is 0 Å². The predicted molar refractivity (Wildman–Crippen MR) is 93.6 cm³/mol. The van der Waals surface area contributed by atoms with Gasteiger partial charge in [-0.05, 0) is 24.3 Å². The molecule has 0 unspecified atom stereocenters. The number of fused-ring (bicyclic) bond motifs is 3. The van der Waals surface area contributed by atoms with Crippen molar-refractivity contribution in [1.82, 2.24) is 4.57 Å². The molecule has 4 aromatic rings. The van der Waals surface area contributed by atoms with E-state index in [4.69, 9.17) is 10.5 Å². The van der Waals surface area contributed by atoms with Crippen molar-refractivity contribution in [2.45, 2.75) is 0 Å². The van der Waals surface area contributed by atoms with Crippen molar-refractivity contribution in [3.05, 3.63) is 72.8 Å². The first kappa shape index (κ1) is 15.3. The summed E-state index contributed by atoms with van der Waals surface area (Å²) in [5.41, 5.74) is 4.28. The molecule has 1 aromatic heterocycles. The van der Waals surface area contributed by atoms with Crippen LogP contribution in [0.2, 0.25) is 0 Å². The van der Waals surface area contributed by atoms with Crippen molar-refractivity contribution in [1.29, 1.82) is 0 Å². The lowest BCUT2D eigenvalue weighted by Crippen LogP contribution is -2.12. The first-order chi connectivity index (χ1) is 11.4. The average molecular weight is 304 g/mol. The summed E-state index contributed by atoms with van der Waals surface area (Å²) in [6.07, 6.45) is 0. The highest BCUT2D eigenvalue weighted by Gasteiger charge is 2.11. The molecule has 0 fully saturated rings. The van der Waals surface area contributed by atoms with E-state index in [0.29, 0.717) is 0 Å². The minimum atomic E-state index is 0.818. The molecule has 0 spiro atoms. The van der Waals surface area contributed by atoms with E-state index >= 15 is 0 Å². The fourth-order valence-corrected chi connectivity index (χ4v) is 2.93. The molecule has 0 amide bonds. The van der Waals surface area contributed by atoms with Crippen LogP contribution in [0.1, 0.15) is 0 Å². The fraction of sp³-hybridized carbons (Fsp3) is 0. The molecule has 4 nitrogen and oxygen atoms in total. The van der Waals surface area contributed by atoms with Gasteiger partial charge in [0.25, 0.3) is 0 Å². The Hall–Kier alpha value is -2.60. The molecule has 1 radical (unpaired) electrons. The van der Waals surface area contributed by atoms with Gasteiger partial charge in [-0.1, -0.05) is 54.0 Å². The number of hydrogen-bond acceptors (Lipinski definition) is 3. The maximum atomic E-state index is 9.26. The monoisotopic (exact) mass is 304 g/mol. The van der Waals surface area contributed by atoms with Gasteiger partial charge in [0.2, 0.25) is 0 Å². The highest BCUT2D eigenvalue weighted by atomic mass is 17.0. The van der Waals surface area contributed by atoms with Gasteiger partial charge in [-0.3, -0.25) is 10.5 Å². The summed E-state index contributed by atoms with van der Waals surface area (Å²) in [5.74, 6) is 0. The van der Waals surface area contributed by atoms with Crippen LogP contribution in [0, 0.1) is 0 Å². The lowest BCUT2D eigenvalue weighted by Gasteiger charge is -2.07. The first-order valence-corrected chi connectivity index (χ1v) is 7.14. The topological polar surface area (TPSA) is 65.6 Å². The Balaban J connectivity index is 0.000000753. The van der Waals surface area contributed by atoms with E-state index in [1.54, 1.807) is 0 Å². The van der Waals surface area contributed by atoms with Crippen molar-refractivity contribution in [3.8, 4) is 5.69 Å². The van der Waals surface area contributed by atoms with Crippen molar-refractivity contribution in [2.24, 2.45) is 0 Å². The van der Waals surface area contributed by atoms with Crippen molar-refractivity contribution >= 4 is 34.8 Å². The Morgan fingerprint density at radius 2 is 1.35 bits per heavy atom. The van der Waals surface area contributed by atoms with Crippen LogP contribution >= 0.6 is 0 Å². The average Bonchev–Trinajstić information content (AvgIpc) is 2.97. The third kappa shape index (κ3) is 2.62. The van der Waals surface area contributed by atoms with Crippen LogP contribution < -0.4 is 5.46 Å². The van der Waals surface area contributed by atoms with Crippen LogP contribution in [0.25, 0.3) is 27.5 Å². The summed E-state index contributed by atoms with van der Waals surface area (Å²) < 4.78 is 2.26. The second kappa shape index (κ2) is 6.66. The number of benzene rings is 3. The van der Waals surface area contributed by atoms with Crippen LogP contribution in [-0.2, 0) is 0 Å². The van der Waals surface area contributed by atoms with E-state index in [-0.39, 0.29) is 0 Å². The molecule has 0 saturated carbocycles. The summed E-state index contributed by atoms with van der Waals surface area (Å²) in [6, 6.07) is 24.7. The number of hydrogen-bond donors (Lipinski definition) is 3. The SMILES string of the molecule is OO.O[B]c1ccc2c(c1)c1ccccc1n2-c1ccccc1. The summed E-state index contributed by atoms with van der Waals surface area (Å²) in [5, 5.41) is 23.6. The lowest BCUT2D eigenvalue weighted by molar-refractivity contribution is -0.176. The summed E-state index contributed by atoms with van der Waals surface area (Å²) >= 11 is 0. The number of aromatic nitrogens is 1. The number of nitrogens with zero attached hydrogens (tertiary/aromatic N) is 1. The summed E-state index contributed by atoms with van der Waals surface area (Å²) in [6.45, 7) is 0. The second-order valence-electron chi connectivity index (χ2n) is 5.09. The van der Waals surface area contributed by atoms with Gasteiger partial charge in [-0.2, -0.15) is 0 Å². The minimum Gasteiger partial charge on any atom is -0.450 e. The Kier molecular flexibility index (Phi) is 4.44. The van der Waals surface area contributed by atoms with Gasteiger partial charge < -0.3 is 9.59 Å². The first-order valence-electron chi connectivity index (χ1n) is 7.14. The van der Waals surface area contributed by atoms with Crippen LogP contribution in [0.4, 0.5) is 0 Å². The predicted octanol–water partition coefficient (Wildman–Crippen LogP) is 3.04. The zero-order chi connectivity index (χ0) is 16.2. The van der Waals surface area contributed by atoms with E-state index in [1.165, 1.54) is 10.9 Å². The molecule has 23 heavy (non-hydrogen) atoms. The van der Waals surface area contributed by atoms with Crippen LogP contribution in [0.5, 0.6) is 0 Å². The Labute approximate surface area is 134 Å². The Morgan fingerprint density at radius 3 is 2.09 bits per heavy atom. The van der Waals surface area contributed by atoms with Gasteiger partial charge in [-0.15, -0.1) is 0 Å². The molecule has 5 heteroatoms. The molecule has 0 aliphatic heterocycles. The lowest BCUT2D eigenvalue weighted by atomic mass is 9.88. The Bertz CT molecular complexity index is 935. The third-order valence-electron chi connectivity index (χ3n) is 3.86. The fourth-order valence-electron chi connectivity index (χ4n) is 2.93. The zero-order valence-electron chi connectivity index (χ0n) is 12.3. The van der Waals surface area contributed by atoms with Crippen LogP contribution in [-0.4, -0.2) is 27.6 Å². The van der Waals surface area contributed by atoms with Gasteiger partial charge in [0.15, 0.2) is 0 Å². The normalized spacial score (nSPS) is 10.4. The second-order valence-corrected chi connectivity index (χ2v) is 5.09.